The molecule has 42 heavy (non-hydrogen) atoms. The van der Waals surface area contributed by atoms with Crippen molar-refractivity contribution in [3.63, 3.8) is 0 Å². The zero-order valence-electron chi connectivity index (χ0n) is 22.4. The summed E-state index contributed by atoms with van der Waals surface area (Å²) in [6.45, 7) is 6.00. The Balaban J connectivity index is 1.46. The van der Waals surface area contributed by atoms with Gasteiger partial charge in [0.05, 0.1) is 12.1 Å². The highest BCUT2D eigenvalue weighted by Crippen LogP contribution is 2.39. The highest BCUT2D eigenvalue weighted by molar-refractivity contribution is 6.04. The Hall–Kier alpha value is -4.43. The third-order valence-electron chi connectivity index (χ3n) is 5.65. The number of oxazole rings is 1. The summed E-state index contributed by atoms with van der Waals surface area (Å²) >= 11 is 0. The molecular weight excluding hydrogens is 576 g/mol. The molecule has 0 aliphatic carbocycles. The van der Waals surface area contributed by atoms with Crippen LogP contribution in [0.1, 0.15) is 43.4 Å². The minimum atomic E-state index is -5.19. The smallest absolute Gasteiger partial charge is 0.489 e. The second-order valence-corrected chi connectivity index (χ2v) is 10.2. The number of nitrogens with one attached hydrogen (secondary N) is 1. The summed E-state index contributed by atoms with van der Waals surface area (Å²) in [7, 11) is 0. The number of anilines is 1. The molecule has 0 radical (unpaired) electrons. The topological polar surface area (TPSA) is 103 Å². The molecule has 1 aliphatic heterocycles. The average molecular weight is 602 g/mol. The second-order valence-electron chi connectivity index (χ2n) is 10.2. The van der Waals surface area contributed by atoms with E-state index in [9.17, 15) is 35.9 Å². The molecule has 15 heteroatoms. The number of ether oxygens (including phenoxy) is 3. The quantitative estimate of drug-likeness (QED) is 0.307. The van der Waals surface area contributed by atoms with Gasteiger partial charge in [0.2, 0.25) is 11.7 Å². The van der Waals surface area contributed by atoms with Gasteiger partial charge in [-0.1, -0.05) is 12.1 Å². The van der Waals surface area contributed by atoms with Crippen LogP contribution in [0, 0.1) is 0 Å². The fourth-order valence-electron chi connectivity index (χ4n) is 3.95. The first-order valence-corrected chi connectivity index (χ1v) is 12.5. The van der Waals surface area contributed by atoms with Crippen molar-refractivity contribution in [1.82, 2.24) is 9.88 Å². The van der Waals surface area contributed by atoms with Crippen LogP contribution < -0.4 is 14.8 Å². The molecular formula is C27H25F6N3O6. The zero-order valence-corrected chi connectivity index (χ0v) is 22.4. The summed E-state index contributed by atoms with van der Waals surface area (Å²) in [6.07, 6.45) is -10.6. The van der Waals surface area contributed by atoms with E-state index in [1.807, 2.05) is 0 Å². The molecule has 0 saturated carbocycles. The van der Waals surface area contributed by atoms with Gasteiger partial charge in [0.15, 0.2) is 5.69 Å². The van der Waals surface area contributed by atoms with E-state index in [1.54, 1.807) is 20.8 Å². The fraction of sp³-hybridized carbons (Fsp3) is 0.370. The number of carbonyl (C=O) groups excluding carboxylic acids is 2. The van der Waals surface area contributed by atoms with Gasteiger partial charge in [-0.3, -0.25) is 4.79 Å². The van der Waals surface area contributed by atoms with Crippen LogP contribution in [0.25, 0.3) is 11.5 Å². The molecule has 0 bridgehead atoms. The number of hydrogen-bond acceptors (Lipinski definition) is 7. The lowest BCUT2D eigenvalue weighted by atomic mass is 10.2. The SMILES string of the molecule is CC(C)(C)OC(=O)N1CC[C@H](Oc2ccc(NC(=O)c3nc(-c4ccccc4OC(F)(F)F)oc3C(F)(F)F)cc2)C1. The van der Waals surface area contributed by atoms with Crippen molar-refractivity contribution in [1.29, 1.82) is 0 Å². The number of para-hydroxylation sites is 1. The standard InChI is InChI=1S/C27H25F6N3O6/c1-25(2,3)42-24(38)36-13-12-17(14-36)39-16-10-8-15(9-11-16)34-22(37)20-21(26(28,29)30)40-23(35-20)18-6-4-5-7-19(18)41-27(31,32)33/h4-11,17H,12-14H2,1-3H3,(H,34,37)/t17-/m0/s1. The van der Waals surface area contributed by atoms with Gasteiger partial charge in [-0.2, -0.15) is 13.2 Å². The molecule has 1 fully saturated rings. The van der Waals surface area contributed by atoms with Crippen LogP contribution in [-0.2, 0) is 10.9 Å². The van der Waals surface area contributed by atoms with E-state index in [0.717, 1.165) is 12.1 Å². The molecule has 1 atom stereocenters. The van der Waals surface area contributed by atoms with Crippen LogP contribution in [0.5, 0.6) is 11.5 Å². The summed E-state index contributed by atoms with van der Waals surface area (Å²) in [5.41, 5.74) is -2.30. The number of benzene rings is 2. The van der Waals surface area contributed by atoms with Crippen molar-refractivity contribution >= 4 is 17.7 Å². The average Bonchev–Trinajstić information content (AvgIpc) is 3.51. The lowest BCUT2D eigenvalue weighted by Crippen LogP contribution is -2.36. The third-order valence-corrected chi connectivity index (χ3v) is 5.65. The van der Waals surface area contributed by atoms with Crippen molar-refractivity contribution in [3.8, 4) is 23.0 Å². The van der Waals surface area contributed by atoms with Gasteiger partial charge >= 0.3 is 18.6 Å². The van der Waals surface area contributed by atoms with Crippen LogP contribution in [0.3, 0.4) is 0 Å². The van der Waals surface area contributed by atoms with Crippen LogP contribution in [0.15, 0.2) is 52.9 Å². The number of halogens is 6. The maximum absolute atomic E-state index is 13.7. The van der Waals surface area contributed by atoms with Crippen LogP contribution >= 0.6 is 0 Å². The van der Waals surface area contributed by atoms with Crippen molar-refractivity contribution in [3.05, 3.63) is 60.0 Å². The van der Waals surface area contributed by atoms with E-state index in [1.165, 1.54) is 41.3 Å². The van der Waals surface area contributed by atoms with Gasteiger partial charge in [0.1, 0.15) is 23.2 Å². The molecule has 226 valence electrons. The molecule has 0 spiro atoms. The number of hydrogen-bond donors (Lipinski definition) is 1. The molecule has 1 aliphatic rings. The summed E-state index contributed by atoms with van der Waals surface area (Å²) in [6, 6.07) is 9.95. The lowest BCUT2D eigenvalue weighted by Gasteiger charge is -2.24. The lowest BCUT2D eigenvalue weighted by molar-refractivity contribution is -0.274. The normalized spacial score (nSPS) is 15.8. The third kappa shape index (κ3) is 7.85. The highest BCUT2D eigenvalue weighted by Gasteiger charge is 2.42. The molecule has 2 aromatic carbocycles. The van der Waals surface area contributed by atoms with Crippen LogP contribution in [0.4, 0.5) is 36.8 Å². The van der Waals surface area contributed by atoms with E-state index in [4.69, 9.17) is 13.9 Å². The largest absolute Gasteiger partial charge is 0.573 e. The maximum Gasteiger partial charge on any atom is 0.573 e. The predicted octanol–water partition coefficient (Wildman–Crippen LogP) is 6.90. The molecule has 1 N–H and O–H groups in total. The molecule has 4 rings (SSSR count). The van der Waals surface area contributed by atoms with Gasteiger partial charge in [0, 0.05) is 18.7 Å². The Morgan fingerprint density at radius 1 is 1.00 bits per heavy atom. The summed E-state index contributed by atoms with van der Waals surface area (Å²) < 4.78 is 99.2. The van der Waals surface area contributed by atoms with Crippen molar-refractivity contribution < 1.29 is 54.6 Å². The molecule has 2 amide bonds. The van der Waals surface area contributed by atoms with Crippen LogP contribution in [0.2, 0.25) is 0 Å². The van der Waals surface area contributed by atoms with E-state index < -0.39 is 58.8 Å². The molecule has 9 nitrogen and oxygen atoms in total. The van der Waals surface area contributed by atoms with Crippen molar-refractivity contribution in [2.45, 2.75) is 51.4 Å². The van der Waals surface area contributed by atoms with Crippen molar-refractivity contribution in [2.75, 3.05) is 18.4 Å². The van der Waals surface area contributed by atoms with Gasteiger partial charge in [-0.05, 0) is 57.2 Å². The molecule has 2 heterocycles. The molecule has 0 unspecified atom stereocenters. The number of amides is 2. The van der Waals surface area contributed by atoms with E-state index in [2.05, 4.69) is 15.0 Å². The highest BCUT2D eigenvalue weighted by atomic mass is 19.4. The number of alkyl halides is 6. The summed E-state index contributed by atoms with van der Waals surface area (Å²) in [4.78, 5) is 30.1. The maximum atomic E-state index is 13.7. The van der Waals surface area contributed by atoms with E-state index >= 15 is 0 Å². The minimum absolute atomic E-state index is 0.0765. The zero-order chi connectivity index (χ0) is 30.9. The minimum Gasteiger partial charge on any atom is -0.489 e. The Morgan fingerprint density at radius 3 is 2.29 bits per heavy atom. The second kappa shape index (κ2) is 11.4. The molecule has 3 aromatic rings. The Bertz CT molecular complexity index is 1430. The Labute approximate surface area is 235 Å². The fourth-order valence-corrected chi connectivity index (χ4v) is 3.95. The monoisotopic (exact) mass is 601 g/mol. The Kier molecular flexibility index (Phi) is 8.32. The van der Waals surface area contributed by atoms with E-state index in [0.29, 0.717) is 25.3 Å². The number of aromatic nitrogens is 1. The summed E-state index contributed by atoms with van der Waals surface area (Å²) in [5.74, 6) is -4.49. The van der Waals surface area contributed by atoms with Gasteiger partial charge in [-0.15, -0.1) is 13.2 Å². The first-order valence-electron chi connectivity index (χ1n) is 12.5. The van der Waals surface area contributed by atoms with E-state index in [-0.39, 0.29) is 11.8 Å². The predicted molar refractivity (Wildman–Crippen MR) is 135 cm³/mol. The van der Waals surface area contributed by atoms with Crippen molar-refractivity contribution in [2.24, 2.45) is 0 Å². The molecule has 1 aromatic heterocycles. The first kappa shape index (κ1) is 30.5. The molecule has 1 saturated heterocycles. The number of rotatable bonds is 6. The van der Waals surface area contributed by atoms with Gasteiger partial charge < -0.3 is 28.8 Å². The number of nitrogens with zero attached hydrogens (tertiary/aromatic N) is 2. The Morgan fingerprint density at radius 2 is 1.67 bits per heavy atom. The number of likely N-dealkylation sites (tertiary alicyclic amines) is 1. The number of carbonyl (C=O) groups is 2. The first-order chi connectivity index (χ1) is 19.5. The van der Waals surface area contributed by atoms with Gasteiger partial charge in [-0.25, -0.2) is 9.78 Å². The van der Waals surface area contributed by atoms with Crippen LogP contribution in [-0.4, -0.2) is 53.0 Å². The summed E-state index contributed by atoms with van der Waals surface area (Å²) in [5, 5.41) is 2.26. The van der Waals surface area contributed by atoms with Gasteiger partial charge in [0.25, 0.3) is 5.91 Å².